The van der Waals surface area contributed by atoms with Gasteiger partial charge in [0, 0.05) is 48.7 Å². The fourth-order valence-corrected chi connectivity index (χ4v) is 5.34. The van der Waals surface area contributed by atoms with Gasteiger partial charge in [-0.3, -0.25) is 14.7 Å². The quantitative estimate of drug-likeness (QED) is 0.327. The lowest BCUT2D eigenvalue weighted by molar-refractivity contribution is 0.0341. The molecule has 1 fully saturated rings. The summed E-state index contributed by atoms with van der Waals surface area (Å²) in [5.74, 6) is -0.183. The van der Waals surface area contributed by atoms with E-state index in [1.54, 1.807) is 6.20 Å². The normalized spacial score (nSPS) is 14.1. The zero-order chi connectivity index (χ0) is 25.0. The van der Waals surface area contributed by atoms with Gasteiger partial charge in [0.05, 0.1) is 24.6 Å². The molecule has 0 atom stereocenters. The predicted molar refractivity (Wildman–Crippen MR) is 147 cm³/mol. The summed E-state index contributed by atoms with van der Waals surface area (Å²) >= 11 is 1.53. The van der Waals surface area contributed by atoms with Crippen molar-refractivity contribution in [2.45, 2.75) is 6.54 Å². The van der Waals surface area contributed by atoms with E-state index in [9.17, 15) is 4.79 Å². The number of amides is 1. The molecule has 0 radical (unpaired) electrons. The zero-order valence-electron chi connectivity index (χ0n) is 20.1. The van der Waals surface area contributed by atoms with Gasteiger partial charge in [0.25, 0.3) is 5.91 Å². The minimum atomic E-state index is -0.183. The number of nitrogens with one attached hydrogen (secondary N) is 1. The van der Waals surface area contributed by atoms with Crippen molar-refractivity contribution in [3.63, 3.8) is 0 Å². The number of carbonyl (C=O) groups excluding carboxylic acids is 1. The van der Waals surface area contributed by atoms with Gasteiger partial charge in [0.2, 0.25) is 0 Å². The lowest BCUT2D eigenvalue weighted by atomic mass is 10.1. The average Bonchev–Trinajstić information content (AvgIpc) is 3.38. The van der Waals surface area contributed by atoms with E-state index in [0.29, 0.717) is 11.3 Å². The monoisotopic (exact) mass is 507 g/mol. The fraction of sp³-hybridized carbons (Fsp3) is 0.172. The van der Waals surface area contributed by atoms with Gasteiger partial charge in [-0.15, -0.1) is 0 Å². The summed E-state index contributed by atoms with van der Waals surface area (Å²) in [6, 6.07) is 23.1. The molecular weight excluding hydrogens is 482 g/mol. The number of benzene rings is 2. The number of para-hydroxylation sites is 1. The van der Waals surface area contributed by atoms with Crippen LogP contribution in [0, 0.1) is 0 Å². The maximum absolute atomic E-state index is 13.2. The largest absolute Gasteiger partial charge is 0.379 e. The molecule has 1 aliphatic heterocycles. The Morgan fingerprint density at radius 3 is 2.70 bits per heavy atom. The number of aromatic nitrogens is 3. The van der Waals surface area contributed by atoms with E-state index < -0.39 is 0 Å². The van der Waals surface area contributed by atoms with Crippen LogP contribution < -0.4 is 5.32 Å². The van der Waals surface area contributed by atoms with Crippen LogP contribution in [0.5, 0.6) is 0 Å². The van der Waals surface area contributed by atoms with Crippen molar-refractivity contribution in [2.24, 2.45) is 0 Å². The van der Waals surface area contributed by atoms with Crippen LogP contribution in [0.25, 0.3) is 32.2 Å². The molecule has 0 unspecified atom stereocenters. The number of hydrogen-bond donors (Lipinski definition) is 1. The molecule has 8 heteroatoms. The van der Waals surface area contributed by atoms with E-state index >= 15 is 0 Å². The first-order chi connectivity index (χ1) is 18.2. The lowest BCUT2D eigenvalue weighted by Gasteiger charge is -2.26. The molecule has 4 heterocycles. The van der Waals surface area contributed by atoms with Gasteiger partial charge < -0.3 is 10.1 Å². The van der Waals surface area contributed by atoms with E-state index in [1.807, 2.05) is 72.9 Å². The summed E-state index contributed by atoms with van der Waals surface area (Å²) in [7, 11) is 0. The van der Waals surface area contributed by atoms with Crippen molar-refractivity contribution < 1.29 is 9.53 Å². The number of fused-ring (bicyclic) bond motifs is 1. The molecule has 1 saturated heterocycles. The van der Waals surface area contributed by atoms with Crippen molar-refractivity contribution >= 4 is 33.3 Å². The van der Waals surface area contributed by atoms with Crippen LogP contribution in [-0.4, -0.2) is 52.1 Å². The highest BCUT2D eigenvalue weighted by Crippen LogP contribution is 2.34. The molecule has 5 aromatic rings. The number of thiazole rings is 1. The highest BCUT2D eigenvalue weighted by molar-refractivity contribution is 7.21. The third-order valence-corrected chi connectivity index (χ3v) is 7.32. The van der Waals surface area contributed by atoms with Gasteiger partial charge in [-0.2, -0.15) is 0 Å². The first-order valence-corrected chi connectivity index (χ1v) is 13.0. The van der Waals surface area contributed by atoms with E-state index in [2.05, 4.69) is 26.3 Å². The van der Waals surface area contributed by atoms with Crippen molar-refractivity contribution in [1.82, 2.24) is 19.9 Å². The van der Waals surface area contributed by atoms with Crippen LogP contribution in [0.2, 0.25) is 0 Å². The average molecular weight is 508 g/mol. The highest BCUT2D eigenvalue weighted by atomic mass is 32.1. The Morgan fingerprint density at radius 1 is 0.973 bits per heavy atom. The number of rotatable bonds is 6. The second-order valence-corrected chi connectivity index (χ2v) is 9.85. The number of nitrogens with zero attached hydrogens (tertiary/aromatic N) is 4. The summed E-state index contributed by atoms with van der Waals surface area (Å²) in [6.07, 6.45) is 3.68. The Balaban J connectivity index is 1.24. The van der Waals surface area contributed by atoms with E-state index in [-0.39, 0.29) is 5.91 Å². The van der Waals surface area contributed by atoms with Gasteiger partial charge in [-0.25, -0.2) is 9.97 Å². The smallest absolute Gasteiger partial charge is 0.255 e. The number of pyridine rings is 2. The number of carbonyl (C=O) groups is 1. The Bertz CT molecular complexity index is 1550. The van der Waals surface area contributed by atoms with Crippen molar-refractivity contribution in [3.05, 3.63) is 96.3 Å². The molecule has 6 rings (SSSR count). The summed E-state index contributed by atoms with van der Waals surface area (Å²) < 4.78 is 5.45. The van der Waals surface area contributed by atoms with Gasteiger partial charge in [0.1, 0.15) is 15.4 Å². The molecular formula is C29H25N5O2S. The summed E-state index contributed by atoms with van der Waals surface area (Å²) in [5, 5.41) is 3.91. The minimum absolute atomic E-state index is 0.183. The second-order valence-electron chi connectivity index (χ2n) is 8.87. The first kappa shape index (κ1) is 23.4. The number of hydrogen-bond acceptors (Lipinski definition) is 7. The summed E-state index contributed by atoms with van der Waals surface area (Å²) in [5.41, 5.74) is 5.88. The minimum Gasteiger partial charge on any atom is -0.379 e. The van der Waals surface area contributed by atoms with Gasteiger partial charge >= 0.3 is 0 Å². The molecule has 184 valence electrons. The van der Waals surface area contributed by atoms with Crippen molar-refractivity contribution in [1.29, 1.82) is 0 Å². The lowest BCUT2D eigenvalue weighted by Crippen LogP contribution is -2.35. The standard InChI is InChI=1S/C29H25N5O2S/c35-27(22-7-5-6-21(17-22)24-9-3-4-11-30-24)32-25-10-2-1-8-23(25)28-33-26-16-20(18-31-29(26)37-28)19-34-12-14-36-15-13-34/h1-11,16-18H,12-15,19H2,(H,32,35). The summed E-state index contributed by atoms with van der Waals surface area (Å²) in [4.78, 5) is 30.4. The molecule has 2 aromatic carbocycles. The molecule has 0 aliphatic carbocycles. The Hall–Kier alpha value is -3.98. The first-order valence-electron chi connectivity index (χ1n) is 12.2. The number of anilines is 1. The second kappa shape index (κ2) is 10.6. The molecule has 3 aromatic heterocycles. The molecule has 0 saturated carbocycles. The third kappa shape index (κ3) is 5.27. The Morgan fingerprint density at radius 2 is 1.84 bits per heavy atom. The SMILES string of the molecule is O=C(Nc1ccccc1-c1nc2cc(CN3CCOCC3)cnc2s1)c1cccc(-c2ccccn2)c1. The highest BCUT2D eigenvalue weighted by Gasteiger charge is 2.16. The van der Waals surface area contributed by atoms with Crippen LogP contribution in [0.4, 0.5) is 5.69 Å². The van der Waals surface area contributed by atoms with Crippen LogP contribution in [0.15, 0.2) is 85.2 Å². The molecule has 0 bridgehead atoms. The van der Waals surface area contributed by atoms with Crippen LogP contribution in [0.1, 0.15) is 15.9 Å². The fourth-order valence-electron chi connectivity index (χ4n) is 4.41. The van der Waals surface area contributed by atoms with E-state index in [1.165, 1.54) is 11.3 Å². The van der Waals surface area contributed by atoms with E-state index in [0.717, 1.165) is 70.6 Å². The maximum Gasteiger partial charge on any atom is 0.255 e. The number of morpholine rings is 1. The molecule has 37 heavy (non-hydrogen) atoms. The Kier molecular flexibility index (Phi) is 6.68. The summed E-state index contributed by atoms with van der Waals surface area (Å²) in [6.45, 7) is 4.23. The predicted octanol–water partition coefficient (Wildman–Crippen LogP) is 5.50. The van der Waals surface area contributed by atoms with Crippen molar-refractivity contribution in [3.8, 4) is 21.8 Å². The molecule has 0 spiro atoms. The number of ether oxygens (including phenoxy) is 1. The van der Waals surface area contributed by atoms with Gasteiger partial charge in [-0.1, -0.05) is 41.7 Å². The topological polar surface area (TPSA) is 80.2 Å². The molecule has 1 aliphatic rings. The van der Waals surface area contributed by atoms with Crippen LogP contribution in [0.3, 0.4) is 0 Å². The molecule has 7 nitrogen and oxygen atoms in total. The Labute approximate surface area is 218 Å². The van der Waals surface area contributed by atoms with E-state index in [4.69, 9.17) is 9.72 Å². The van der Waals surface area contributed by atoms with Gasteiger partial charge in [-0.05, 0) is 48.0 Å². The third-order valence-electron chi connectivity index (χ3n) is 6.31. The van der Waals surface area contributed by atoms with Crippen molar-refractivity contribution in [2.75, 3.05) is 31.6 Å². The maximum atomic E-state index is 13.2. The van der Waals surface area contributed by atoms with Crippen LogP contribution >= 0.6 is 11.3 Å². The molecule has 1 N–H and O–H groups in total. The van der Waals surface area contributed by atoms with Gasteiger partial charge in [0.15, 0.2) is 0 Å². The van der Waals surface area contributed by atoms with Crippen LogP contribution in [-0.2, 0) is 11.3 Å². The zero-order valence-corrected chi connectivity index (χ0v) is 20.9. The molecule has 1 amide bonds.